The fourth-order valence-electron chi connectivity index (χ4n) is 4.16. The minimum absolute atomic E-state index is 0.0122. The first-order valence-electron chi connectivity index (χ1n) is 10.6. The molecule has 2 aromatic carbocycles. The number of fused-ring (bicyclic) bond motifs is 3. The summed E-state index contributed by atoms with van der Waals surface area (Å²) in [5, 5.41) is 3.31. The zero-order chi connectivity index (χ0) is 22.3. The predicted octanol–water partition coefficient (Wildman–Crippen LogP) is 4.52. The summed E-state index contributed by atoms with van der Waals surface area (Å²) in [5.41, 5.74) is 2.11. The summed E-state index contributed by atoms with van der Waals surface area (Å²) in [7, 11) is -3.57. The number of nitrogens with zero attached hydrogens (tertiary/aromatic N) is 2. The fraction of sp³-hybridized carbons (Fsp3) is 0.304. The number of benzene rings is 2. The van der Waals surface area contributed by atoms with E-state index in [4.69, 9.17) is 4.74 Å². The highest BCUT2D eigenvalue weighted by molar-refractivity contribution is 7.89. The van der Waals surface area contributed by atoms with Crippen LogP contribution in [0.3, 0.4) is 0 Å². The van der Waals surface area contributed by atoms with E-state index in [9.17, 15) is 13.2 Å². The molecule has 0 unspecified atom stereocenters. The van der Waals surface area contributed by atoms with Crippen LogP contribution in [0.2, 0.25) is 0 Å². The lowest BCUT2D eigenvalue weighted by Gasteiger charge is -2.32. The van der Waals surface area contributed by atoms with E-state index in [1.165, 1.54) is 23.5 Å². The summed E-state index contributed by atoms with van der Waals surface area (Å²) in [5.74, 6) is 0.448. The second-order valence-corrected chi connectivity index (χ2v) is 11.0. The lowest BCUT2D eigenvalue weighted by molar-refractivity contribution is 0.102. The smallest absolute Gasteiger partial charge is 0.257 e. The number of piperidine rings is 1. The summed E-state index contributed by atoms with van der Waals surface area (Å²) >= 11 is 1.38. The maximum atomic E-state index is 13.0. The first-order valence-corrected chi connectivity index (χ1v) is 12.8. The molecular formula is C23H23N3O4S2. The van der Waals surface area contributed by atoms with Gasteiger partial charge in [0.1, 0.15) is 12.4 Å². The van der Waals surface area contributed by atoms with E-state index in [2.05, 4.69) is 10.3 Å². The Bertz CT molecular complexity index is 1270. The van der Waals surface area contributed by atoms with Crippen molar-refractivity contribution in [2.24, 2.45) is 0 Å². The molecule has 1 N–H and O–H groups in total. The molecule has 32 heavy (non-hydrogen) atoms. The van der Waals surface area contributed by atoms with Gasteiger partial charge in [-0.05, 0) is 56.2 Å². The molecule has 7 nitrogen and oxygen atoms in total. The monoisotopic (exact) mass is 469 g/mol. The van der Waals surface area contributed by atoms with Gasteiger partial charge in [-0.3, -0.25) is 10.1 Å². The summed E-state index contributed by atoms with van der Waals surface area (Å²) in [6, 6.07) is 13.8. The average Bonchev–Trinajstić information content (AvgIpc) is 3.22. The highest BCUT2D eigenvalue weighted by Crippen LogP contribution is 2.40. The van der Waals surface area contributed by atoms with E-state index in [-0.39, 0.29) is 16.8 Å². The Hall–Kier alpha value is -2.75. The van der Waals surface area contributed by atoms with Crippen LogP contribution in [0.1, 0.15) is 41.4 Å². The molecule has 9 heteroatoms. The Morgan fingerprint density at radius 3 is 2.72 bits per heavy atom. The van der Waals surface area contributed by atoms with E-state index in [0.717, 1.165) is 41.1 Å². The van der Waals surface area contributed by atoms with Crippen LogP contribution in [0.25, 0.3) is 11.3 Å². The molecule has 0 aliphatic carbocycles. The largest absolute Gasteiger partial charge is 0.487 e. The first kappa shape index (κ1) is 21.1. The Morgan fingerprint density at radius 2 is 1.94 bits per heavy atom. The SMILES string of the molecule is C[C@@H]1CCCCN1S(=O)(=O)c1ccc(C(=O)Nc2nc3c(s2)COc2ccccc2-3)cc1. The minimum Gasteiger partial charge on any atom is -0.487 e. The third-order valence-electron chi connectivity index (χ3n) is 5.88. The highest BCUT2D eigenvalue weighted by atomic mass is 32.2. The number of nitrogens with one attached hydrogen (secondary N) is 1. The Kier molecular flexibility index (Phi) is 5.48. The van der Waals surface area contributed by atoms with Crippen LogP contribution in [-0.4, -0.2) is 36.2 Å². The number of ether oxygens (including phenoxy) is 1. The number of para-hydroxylation sites is 1. The second kappa shape index (κ2) is 8.31. The Morgan fingerprint density at radius 1 is 1.16 bits per heavy atom. The molecule has 5 rings (SSSR count). The van der Waals surface area contributed by atoms with Gasteiger partial charge in [-0.1, -0.05) is 29.9 Å². The van der Waals surface area contributed by atoms with E-state index in [1.54, 1.807) is 16.4 Å². The van der Waals surface area contributed by atoms with Crippen molar-refractivity contribution >= 4 is 32.4 Å². The van der Waals surface area contributed by atoms with Crippen molar-refractivity contribution in [1.82, 2.24) is 9.29 Å². The van der Waals surface area contributed by atoms with Crippen molar-refractivity contribution in [1.29, 1.82) is 0 Å². The minimum atomic E-state index is -3.57. The van der Waals surface area contributed by atoms with E-state index >= 15 is 0 Å². The van der Waals surface area contributed by atoms with Crippen LogP contribution in [0, 0.1) is 0 Å². The average molecular weight is 470 g/mol. The van der Waals surface area contributed by atoms with Gasteiger partial charge in [-0.25, -0.2) is 13.4 Å². The van der Waals surface area contributed by atoms with Gasteiger partial charge in [0, 0.05) is 23.7 Å². The molecule has 3 aromatic rings. The van der Waals surface area contributed by atoms with E-state index in [0.29, 0.717) is 23.8 Å². The number of hydrogen-bond acceptors (Lipinski definition) is 6. The topological polar surface area (TPSA) is 88.6 Å². The number of carbonyl (C=O) groups excluding carboxylic acids is 1. The van der Waals surface area contributed by atoms with Crippen molar-refractivity contribution in [2.75, 3.05) is 11.9 Å². The summed E-state index contributed by atoms with van der Waals surface area (Å²) in [6.45, 7) is 2.89. The van der Waals surface area contributed by atoms with Crippen LogP contribution in [0.4, 0.5) is 5.13 Å². The van der Waals surface area contributed by atoms with Gasteiger partial charge >= 0.3 is 0 Å². The molecule has 0 saturated carbocycles. The molecule has 1 saturated heterocycles. The lowest BCUT2D eigenvalue weighted by Crippen LogP contribution is -2.41. The van der Waals surface area contributed by atoms with Gasteiger partial charge in [0.2, 0.25) is 10.0 Å². The number of amides is 1. The molecule has 3 heterocycles. The van der Waals surface area contributed by atoms with Gasteiger partial charge in [0.15, 0.2) is 5.13 Å². The fourth-order valence-corrected chi connectivity index (χ4v) is 6.74. The molecule has 166 valence electrons. The van der Waals surface area contributed by atoms with Gasteiger partial charge in [0.25, 0.3) is 5.91 Å². The molecule has 0 bridgehead atoms. The number of thiazole rings is 1. The van der Waals surface area contributed by atoms with Crippen LogP contribution < -0.4 is 10.1 Å². The number of anilines is 1. The van der Waals surface area contributed by atoms with E-state index in [1.807, 2.05) is 31.2 Å². The molecule has 2 aliphatic rings. The van der Waals surface area contributed by atoms with Crippen LogP contribution in [0.15, 0.2) is 53.4 Å². The summed E-state index contributed by atoms with van der Waals surface area (Å²) in [4.78, 5) is 18.5. The number of aromatic nitrogens is 1. The normalized spacial score (nSPS) is 18.3. The quantitative estimate of drug-likeness (QED) is 0.607. The van der Waals surface area contributed by atoms with Crippen molar-refractivity contribution in [3.8, 4) is 17.0 Å². The summed E-state index contributed by atoms with van der Waals surface area (Å²) < 4.78 is 33.3. The zero-order valence-electron chi connectivity index (χ0n) is 17.6. The maximum Gasteiger partial charge on any atom is 0.257 e. The van der Waals surface area contributed by atoms with Crippen molar-refractivity contribution in [3.05, 3.63) is 59.0 Å². The van der Waals surface area contributed by atoms with Gasteiger partial charge in [0.05, 0.1) is 15.5 Å². The Labute approximate surface area is 191 Å². The van der Waals surface area contributed by atoms with Crippen molar-refractivity contribution in [2.45, 2.75) is 43.7 Å². The molecule has 0 spiro atoms. The van der Waals surface area contributed by atoms with Crippen LogP contribution in [0.5, 0.6) is 5.75 Å². The van der Waals surface area contributed by atoms with Crippen LogP contribution >= 0.6 is 11.3 Å². The summed E-state index contributed by atoms with van der Waals surface area (Å²) in [6.07, 6.45) is 2.79. The molecule has 2 aliphatic heterocycles. The standard InChI is InChI=1S/C23H23N3O4S2/c1-15-6-4-5-13-26(15)32(28,29)17-11-9-16(10-12-17)22(27)25-23-24-21-18-7-2-3-8-19(18)30-14-20(21)31-23/h2-3,7-12,15H,4-6,13-14H2,1H3,(H,24,25,27)/t15-/m1/s1. The molecule has 1 atom stereocenters. The van der Waals surface area contributed by atoms with Crippen molar-refractivity contribution in [3.63, 3.8) is 0 Å². The Balaban J connectivity index is 1.33. The molecule has 0 radical (unpaired) electrons. The maximum absolute atomic E-state index is 13.0. The lowest BCUT2D eigenvalue weighted by atomic mass is 10.1. The number of rotatable bonds is 4. The molecular weight excluding hydrogens is 446 g/mol. The predicted molar refractivity (Wildman–Crippen MR) is 123 cm³/mol. The zero-order valence-corrected chi connectivity index (χ0v) is 19.2. The van der Waals surface area contributed by atoms with Gasteiger partial charge in [-0.15, -0.1) is 0 Å². The third kappa shape index (κ3) is 3.80. The van der Waals surface area contributed by atoms with Gasteiger partial charge in [-0.2, -0.15) is 4.31 Å². The number of carbonyl (C=O) groups is 1. The number of sulfonamides is 1. The molecule has 1 fully saturated rings. The molecule has 1 amide bonds. The third-order valence-corrected chi connectivity index (χ3v) is 8.86. The van der Waals surface area contributed by atoms with Crippen molar-refractivity contribution < 1.29 is 17.9 Å². The van der Waals surface area contributed by atoms with Gasteiger partial charge < -0.3 is 4.74 Å². The molecule has 1 aromatic heterocycles. The van der Waals surface area contributed by atoms with Crippen LogP contribution in [-0.2, 0) is 16.6 Å². The number of hydrogen-bond donors (Lipinski definition) is 1. The van der Waals surface area contributed by atoms with E-state index < -0.39 is 10.0 Å². The highest BCUT2D eigenvalue weighted by Gasteiger charge is 2.31. The second-order valence-electron chi connectivity index (χ2n) is 8.01. The first-order chi connectivity index (χ1) is 15.4.